The molecule has 0 bridgehead atoms. The number of fused-ring (bicyclic) bond motifs is 4. The van der Waals surface area contributed by atoms with Crippen LogP contribution < -0.4 is 9.47 Å². The Morgan fingerprint density at radius 2 is 1.97 bits per heavy atom. The number of hydrogen-bond acceptors (Lipinski definition) is 5. The standard InChI is InChI=1S/C24H29N3O2/c1-3-13-26-14-11-24(12-15-26)27-22(20-9-4-5-10-23(20)29-24)17-21(25-27)18-7-6-8-19(16-18)28-2/h4-10,16,22H,3,11-15,17H2,1-2H3/t22-/m0/s1. The van der Waals surface area contributed by atoms with E-state index in [1.807, 2.05) is 12.1 Å². The first-order valence-corrected chi connectivity index (χ1v) is 10.7. The molecule has 29 heavy (non-hydrogen) atoms. The third-order valence-corrected chi connectivity index (χ3v) is 6.49. The highest BCUT2D eigenvalue weighted by molar-refractivity contribution is 6.02. The Kier molecular flexibility index (Phi) is 4.70. The SMILES string of the molecule is CCCN1CCC2(CC1)Oc1ccccc1[C@@H]1CC(c3cccc(OC)c3)=NN12. The van der Waals surface area contributed by atoms with E-state index in [4.69, 9.17) is 14.6 Å². The van der Waals surface area contributed by atoms with Crippen LogP contribution in [0.2, 0.25) is 0 Å². The lowest BCUT2D eigenvalue weighted by molar-refractivity contribution is -0.149. The zero-order valence-electron chi connectivity index (χ0n) is 17.3. The summed E-state index contributed by atoms with van der Waals surface area (Å²) in [6, 6.07) is 17.0. The first-order valence-electron chi connectivity index (χ1n) is 10.7. The second kappa shape index (κ2) is 7.38. The van der Waals surface area contributed by atoms with E-state index in [1.54, 1.807) is 7.11 Å². The molecule has 5 nitrogen and oxygen atoms in total. The van der Waals surface area contributed by atoms with Gasteiger partial charge in [0.15, 0.2) is 0 Å². The van der Waals surface area contributed by atoms with Crippen molar-refractivity contribution in [3.8, 4) is 11.5 Å². The van der Waals surface area contributed by atoms with Crippen LogP contribution in [0.3, 0.4) is 0 Å². The van der Waals surface area contributed by atoms with Crippen molar-refractivity contribution in [3.05, 3.63) is 59.7 Å². The van der Waals surface area contributed by atoms with Crippen LogP contribution in [0.25, 0.3) is 0 Å². The zero-order chi connectivity index (χ0) is 19.8. The summed E-state index contributed by atoms with van der Waals surface area (Å²) in [5, 5.41) is 7.44. The van der Waals surface area contributed by atoms with Gasteiger partial charge in [-0.3, -0.25) is 0 Å². The number of hydrogen-bond donors (Lipinski definition) is 0. The largest absolute Gasteiger partial charge is 0.497 e. The third-order valence-electron chi connectivity index (χ3n) is 6.49. The number of piperidine rings is 1. The van der Waals surface area contributed by atoms with E-state index >= 15 is 0 Å². The lowest BCUT2D eigenvalue weighted by Gasteiger charge is -2.51. The highest BCUT2D eigenvalue weighted by Crippen LogP contribution is 2.49. The number of methoxy groups -OCH3 is 1. The summed E-state index contributed by atoms with van der Waals surface area (Å²) >= 11 is 0. The first kappa shape index (κ1) is 18.5. The van der Waals surface area contributed by atoms with E-state index in [-0.39, 0.29) is 11.8 Å². The Morgan fingerprint density at radius 1 is 1.14 bits per heavy atom. The molecule has 3 heterocycles. The van der Waals surface area contributed by atoms with Crippen LogP contribution in [0, 0.1) is 0 Å². The molecule has 0 amide bonds. The molecule has 3 aliphatic rings. The van der Waals surface area contributed by atoms with Crippen LogP contribution in [0.1, 0.15) is 49.8 Å². The summed E-state index contributed by atoms with van der Waals surface area (Å²) in [4.78, 5) is 2.55. The summed E-state index contributed by atoms with van der Waals surface area (Å²) in [7, 11) is 1.71. The molecule has 1 spiro atoms. The molecule has 0 radical (unpaired) electrons. The highest BCUT2D eigenvalue weighted by Gasteiger charge is 2.51. The Morgan fingerprint density at radius 3 is 2.76 bits per heavy atom. The van der Waals surface area contributed by atoms with E-state index in [2.05, 4.69) is 53.2 Å². The molecular weight excluding hydrogens is 362 g/mol. The van der Waals surface area contributed by atoms with Gasteiger partial charge >= 0.3 is 0 Å². The molecule has 152 valence electrons. The van der Waals surface area contributed by atoms with Crippen LogP contribution in [-0.4, -0.2) is 48.1 Å². The number of likely N-dealkylation sites (tertiary alicyclic amines) is 1. The zero-order valence-corrected chi connectivity index (χ0v) is 17.3. The van der Waals surface area contributed by atoms with Gasteiger partial charge in [-0.2, -0.15) is 5.10 Å². The molecule has 0 N–H and O–H groups in total. The summed E-state index contributed by atoms with van der Waals surface area (Å²) in [6.45, 7) is 5.53. The molecule has 1 atom stereocenters. The maximum Gasteiger partial charge on any atom is 0.200 e. The Labute approximate surface area is 172 Å². The quantitative estimate of drug-likeness (QED) is 0.772. The number of benzene rings is 2. The predicted octanol–water partition coefficient (Wildman–Crippen LogP) is 4.44. The second-order valence-corrected chi connectivity index (χ2v) is 8.27. The topological polar surface area (TPSA) is 37.3 Å². The summed E-state index contributed by atoms with van der Waals surface area (Å²) in [5.74, 6) is 1.90. The molecule has 5 rings (SSSR count). The second-order valence-electron chi connectivity index (χ2n) is 8.27. The number of rotatable bonds is 4. The summed E-state index contributed by atoms with van der Waals surface area (Å²) in [6.07, 6.45) is 4.05. The lowest BCUT2D eigenvalue weighted by Crippen LogP contribution is -2.59. The average molecular weight is 392 g/mol. The fourth-order valence-electron chi connectivity index (χ4n) is 4.98. The molecular formula is C24H29N3O2. The van der Waals surface area contributed by atoms with E-state index in [9.17, 15) is 0 Å². The van der Waals surface area contributed by atoms with Crippen LogP contribution in [0.4, 0.5) is 0 Å². The van der Waals surface area contributed by atoms with E-state index in [0.717, 1.165) is 61.7 Å². The van der Waals surface area contributed by atoms with Crippen LogP contribution in [-0.2, 0) is 0 Å². The van der Waals surface area contributed by atoms with Crippen molar-refractivity contribution in [2.75, 3.05) is 26.7 Å². The Hall–Kier alpha value is -2.53. The smallest absolute Gasteiger partial charge is 0.200 e. The van der Waals surface area contributed by atoms with Gasteiger partial charge in [0, 0.05) is 43.5 Å². The van der Waals surface area contributed by atoms with E-state index < -0.39 is 0 Å². The predicted molar refractivity (Wildman–Crippen MR) is 114 cm³/mol. The highest BCUT2D eigenvalue weighted by atomic mass is 16.5. The van der Waals surface area contributed by atoms with E-state index in [0.29, 0.717) is 0 Å². The minimum Gasteiger partial charge on any atom is -0.497 e. The molecule has 3 aliphatic heterocycles. The van der Waals surface area contributed by atoms with Gasteiger partial charge in [0.1, 0.15) is 11.5 Å². The van der Waals surface area contributed by atoms with Crippen LogP contribution >= 0.6 is 0 Å². The van der Waals surface area contributed by atoms with Crippen molar-refractivity contribution >= 4 is 5.71 Å². The Balaban J connectivity index is 1.51. The molecule has 0 aliphatic carbocycles. The van der Waals surface area contributed by atoms with Gasteiger partial charge < -0.3 is 14.4 Å². The molecule has 5 heteroatoms. The number of para-hydroxylation sites is 1. The monoisotopic (exact) mass is 391 g/mol. The van der Waals surface area contributed by atoms with Crippen molar-refractivity contribution in [3.63, 3.8) is 0 Å². The van der Waals surface area contributed by atoms with Gasteiger partial charge in [0.2, 0.25) is 5.72 Å². The summed E-state index contributed by atoms with van der Waals surface area (Å²) in [5.41, 5.74) is 3.15. The van der Waals surface area contributed by atoms with Gasteiger partial charge in [0.25, 0.3) is 0 Å². The third kappa shape index (κ3) is 3.18. The number of nitrogens with zero attached hydrogens (tertiary/aromatic N) is 3. The normalized spacial score (nSPS) is 22.6. The molecule has 2 aromatic carbocycles. The molecule has 0 saturated carbocycles. The van der Waals surface area contributed by atoms with Crippen molar-refractivity contribution < 1.29 is 9.47 Å². The van der Waals surface area contributed by atoms with Crippen molar-refractivity contribution in [1.29, 1.82) is 0 Å². The molecule has 0 aromatic heterocycles. The van der Waals surface area contributed by atoms with Crippen molar-refractivity contribution in [2.24, 2.45) is 5.10 Å². The van der Waals surface area contributed by atoms with Crippen LogP contribution in [0.15, 0.2) is 53.6 Å². The van der Waals surface area contributed by atoms with Gasteiger partial charge in [-0.15, -0.1) is 0 Å². The number of ether oxygens (including phenoxy) is 2. The van der Waals surface area contributed by atoms with Crippen molar-refractivity contribution in [1.82, 2.24) is 9.91 Å². The van der Waals surface area contributed by atoms with E-state index in [1.165, 1.54) is 12.0 Å². The van der Waals surface area contributed by atoms with Gasteiger partial charge in [-0.1, -0.05) is 37.3 Å². The Bertz CT molecular complexity index is 918. The lowest BCUT2D eigenvalue weighted by atomic mass is 9.90. The maximum atomic E-state index is 6.70. The fraction of sp³-hybridized carbons (Fsp3) is 0.458. The van der Waals surface area contributed by atoms with Crippen molar-refractivity contribution in [2.45, 2.75) is 44.4 Å². The fourth-order valence-corrected chi connectivity index (χ4v) is 4.98. The minimum atomic E-state index is -0.343. The first-order chi connectivity index (χ1) is 14.2. The molecule has 1 saturated heterocycles. The van der Waals surface area contributed by atoms with Gasteiger partial charge in [-0.05, 0) is 31.2 Å². The van der Waals surface area contributed by atoms with Gasteiger partial charge in [0.05, 0.1) is 18.9 Å². The molecule has 1 fully saturated rings. The van der Waals surface area contributed by atoms with Gasteiger partial charge in [-0.25, -0.2) is 5.01 Å². The molecule has 2 aromatic rings. The van der Waals surface area contributed by atoms with Crippen LogP contribution in [0.5, 0.6) is 11.5 Å². The summed E-state index contributed by atoms with van der Waals surface area (Å²) < 4.78 is 12.1. The average Bonchev–Trinajstić information content (AvgIpc) is 3.23. The number of hydrazone groups is 1. The minimum absolute atomic E-state index is 0.235. The maximum absolute atomic E-state index is 6.70. The molecule has 0 unspecified atom stereocenters.